The molecule has 20 heavy (non-hydrogen) atoms. The molecule has 0 amide bonds. The fourth-order valence-corrected chi connectivity index (χ4v) is 4.53. The molecule has 1 aromatic rings. The molecule has 1 fully saturated rings. The van der Waals surface area contributed by atoms with Gasteiger partial charge in [-0.25, -0.2) is 12.8 Å². The summed E-state index contributed by atoms with van der Waals surface area (Å²) in [6.45, 7) is 2.00. The van der Waals surface area contributed by atoms with Crippen molar-refractivity contribution in [2.75, 3.05) is 18.8 Å². The minimum Gasteiger partial charge on any atom is -0.398 e. The van der Waals surface area contributed by atoms with Gasteiger partial charge in [0.1, 0.15) is 10.7 Å². The molecule has 1 aliphatic heterocycles. The molecule has 0 aromatic heterocycles. The van der Waals surface area contributed by atoms with Gasteiger partial charge >= 0.3 is 0 Å². The summed E-state index contributed by atoms with van der Waals surface area (Å²) in [4.78, 5) is -0.149. The van der Waals surface area contributed by atoms with E-state index in [1.165, 1.54) is 0 Å². The van der Waals surface area contributed by atoms with E-state index in [-0.39, 0.29) is 28.1 Å². The van der Waals surface area contributed by atoms with Gasteiger partial charge in [0.15, 0.2) is 0 Å². The average Bonchev–Trinajstić information content (AvgIpc) is 2.30. The lowest BCUT2D eigenvalue weighted by Gasteiger charge is -2.45. The first-order valence-electron chi connectivity index (χ1n) is 6.17. The predicted octanol–water partition coefficient (Wildman–Crippen LogP) is 1.71. The van der Waals surface area contributed by atoms with Crippen molar-refractivity contribution in [3.05, 3.63) is 22.4 Å². The maximum atomic E-state index is 13.3. The zero-order valence-electron chi connectivity index (χ0n) is 10.9. The van der Waals surface area contributed by atoms with Crippen LogP contribution in [0.25, 0.3) is 0 Å². The van der Waals surface area contributed by atoms with Crippen molar-refractivity contribution >= 4 is 31.6 Å². The van der Waals surface area contributed by atoms with E-state index in [1.807, 2.05) is 6.92 Å². The van der Waals surface area contributed by atoms with E-state index >= 15 is 0 Å². The molecular weight excluding hydrogens is 351 g/mol. The van der Waals surface area contributed by atoms with Crippen LogP contribution >= 0.6 is 15.9 Å². The molecule has 1 aromatic carbocycles. The molecule has 8 heteroatoms. The summed E-state index contributed by atoms with van der Waals surface area (Å²) in [5.41, 5.74) is 4.48. The van der Waals surface area contributed by atoms with Crippen molar-refractivity contribution in [3.8, 4) is 0 Å². The van der Waals surface area contributed by atoms with E-state index in [0.29, 0.717) is 6.42 Å². The Morgan fingerprint density at radius 1 is 1.50 bits per heavy atom. The standard InChI is InChI=1S/C12H16BrFN2O3S/c1-2-3-12(17)6-16(7-12)20(18,19)11-4-8(13)9(14)5-10(11)15/h4-5,17H,2-3,6-7,15H2,1H3. The first-order chi connectivity index (χ1) is 9.19. The second-order valence-electron chi connectivity index (χ2n) is 5.05. The number of hydrogen-bond donors (Lipinski definition) is 2. The van der Waals surface area contributed by atoms with E-state index in [0.717, 1.165) is 22.9 Å². The van der Waals surface area contributed by atoms with Crippen LogP contribution in [0.4, 0.5) is 10.1 Å². The summed E-state index contributed by atoms with van der Waals surface area (Å²) in [5, 5.41) is 10.1. The number of aliphatic hydroxyl groups is 1. The first kappa shape index (κ1) is 15.7. The van der Waals surface area contributed by atoms with Crippen LogP contribution in [0.15, 0.2) is 21.5 Å². The number of nitrogens with two attached hydrogens (primary N) is 1. The molecule has 0 spiro atoms. The molecule has 2 rings (SSSR count). The number of nitrogens with zero attached hydrogens (tertiary/aromatic N) is 1. The van der Waals surface area contributed by atoms with Crippen molar-refractivity contribution < 1.29 is 17.9 Å². The third kappa shape index (κ3) is 2.69. The van der Waals surface area contributed by atoms with Gasteiger partial charge in [0.05, 0.1) is 15.8 Å². The fraction of sp³-hybridized carbons (Fsp3) is 0.500. The van der Waals surface area contributed by atoms with Crippen LogP contribution in [0.1, 0.15) is 19.8 Å². The number of anilines is 1. The highest BCUT2D eigenvalue weighted by atomic mass is 79.9. The molecular formula is C12H16BrFN2O3S. The highest BCUT2D eigenvalue weighted by Crippen LogP contribution is 2.34. The number of sulfonamides is 1. The largest absolute Gasteiger partial charge is 0.398 e. The highest BCUT2D eigenvalue weighted by molar-refractivity contribution is 9.10. The number of nitrogen functional groups attached to an aromatic ring is 1. The van der Waals surface area contributed by atoms with Crippen LogP contribution in [0.5, 0.6) is 0 Å². The smallest absolute Gasteiger partial charge is 0.245 e. The van der Waals surface area contributed by atoms with Crippen LogP contribution in [0.3, 0.4) is 0 Å². The predicted molar refractivity (Wildman–Crippen MR) is 77.1 cm³/mol. The monoisotopic (exact) mass is 366 g/mol. The van der Waals surface area contributed by atoms with Gasteiger partial charge in [-0.15, -0.1) is 0 Å². The Labute approximate surface area is 125 Å². The van der Waals surface area contributed by atoms with Crippen molar-refractivity contribution in [2.24, 2.45) is 0 Å². The maximum absolute atomic E-state index is 13.3. The number of rotatable bonds is 4. The molecule has 0 atom stereocenters. The Bertz CT molecular complexity index is 630. The number of halogens is 2. The quantitative estimate of drug-likeness (QED) is 0.794. The Kier molecular flexibility index (Phi) is 4.12. The molecule has 0 radical (unpaired) electrons. The normalized spacial score (nSPS) is 18.8. The second kappa shape index (κ2) is 5.25. The third-order valence-corrected chi connectivity index (χ3v) is 5.78. The Morgan fingerprint density at radius 2 is 2.10 bits per heavy atom. The summed E-state index contributed by atoms with van der Waals surface area (Å²) < 4.78 is 39.2. The second-order valence-corrected chi connectivity index (χ2v) is 7.81. The summed E-state index contributed by atoms with van der Waals surface area (Å²) in [6, 6.07) is 2.12. The van der Waals surface area contributed by atoms with E-state index in [4.69, 9.17) is 5.73 Å². The summed E-state index contributed by atoms with van der Waals surface area (Å²) in [5.74, 6) is -0.618. The maximum Gasteiger partial charge on any atom is 0.245 e. The van der Waals surface area contributed by atoms with Gasteiger partial charge in [0.25, 0.3) is 0 Å². The zero-order chi connectivity index (χ0) is 15.1. The lowest BCUT2D eigenvalue weighted by atomic mass is 9.92. The SMILES string of the molecule is CCCC1(O)CN(S(=O)(=O)c2cc(Br)c(F)cc2N)C1. The minimum absolute atomic E-state index is 0.0367. The Morgan fingerprint density at radius 3 is 2.65 bits per heavy atom. The molecule has 0 saturated carbocycles. The molecule has 5 nitrogen and oxygen atoms in total. The zero-order valence-corrected chi connectivity index (χ0v) is 13.3. The van der Waals surface area contributed by atoms with Crippen LogP contribution in [-0.4, -0.2) is 36.5 Å². The van der Waals surface area contributed by atoms with Gasteiger partial charge in [0.2, 0.25) is 10.0 Å². The molecule has 1 saturated heterocycles. The summed E-state index contributed by atoms with van der Waals surface area (Å²) in [6.07, 6.45) is 1.32. The Hall–Kier alpha value is -0.700. The Balaban J connectivity index is 2.28. The van der Waals surface area contributed by atoms with Gasteiger partial charge in [-0.1, -0.05) is 13.3 Å². The number of benzene rings is 1. The lowest BCUT2D eigenvalue weighted by molar-refractivity contribution is -0.0653. The van der Waals surface area contributed by atoms with Gasteiger partial charge in [0, 0.05) is 13.1 Å². The average molecular weight is 367 g/mol. The van der Waals surface area contributed by atoms with Gasteiger partial charge < -0.3 is 10.8 Å². The molecule has 0 unspecified atom stereocenters. The van der Waals surface area contributed by atoms with E-state index in [2.05, 4.69) is 15.9 Å². The van der Waals surface area contributed by atoms with Gasteiger partial charge in [-0.3, -0.25) is 0 Å². The highest BCUT2D eigenvalue weighted by Gasteiger charge is 2.47. The van der Waals surface area contributed by atoms with Gasteiger partial charge in [-0.2, -0.15) is 4.31 Å². The lowest BCUT2D eigenvalue weighted by Crippen LogP contribution is -2.63. The molecule has 3 N–H and O–H groups in total. The number of β-amino-alcohol motifs (C(OH)–C–C–N with tert-alkyl or cyclic N) is 1. The fourth-order valence-electron chi connectivity index (χ4n) is 2.31. The molecule has 0 aliphatic carbocycles. The van der Waals surface area contributed by atoms with E-state index in [1.54, 1.807) is 0 Å². The van der Waals surface area contributed by atoms with Crippen LogP contribution in [-0.2, 0) is 10.0 Å². The van der Waals surface area contributed by atoms with Crippen LogP contribution in [0, 0.1) is 5.82 Å². The van der Waals surface area contributed by atoms with E-state index < -0.39 is 21.4 Å². The van der Waals surface area contributed by atoms with Gasteiger partial charge in [-0.05, 0) is 34.5 Å². The van der Waals surface area contributed by atoms with Crippen molar-refractivity contribution in [2.45, 2.75) is 30.3 Å². The van der Waals surface area contributed by atoms with E-state index in [9.17, 15) is 17.9 Å². The van der Waals surface area contributed by atoms with Crippen molar-refractivity contribution in [1.29, 1.82) is 0 Å². The molecule has 1 heterocycles. The molecule has 0 bridgehead atoms. The summed E-state index contributed by atoms with van der Waals surface area (Å²) >= 11 is 2.95. The topological polar surface area (TPSA) is 83.6 Å². The first-order valence-corrected chi connectivity index (χ1v) is 8.40. The third-order valence-electron chi connectivity index (χ3n) is 3.33. The number of hydrogen-bond acceptors (Lipinski definition) is 4. The van der Waals surface area contributed by atoms with Crippen molar-refractivity contribution in [3.63, 3.8) is 0 Å². The van der Waals surface area contributed by atoms with Crippen LogP contribution in [0.2, 0.25) is 0 Å². The molecule has 1 aliphatic rings. The minimum atomic E-state index is -3.81. The van der Waals surface area contributed by atoms with Crippen molar-refractivity contribution in [1.82, 2.24) is 4.31 Å². The van der Waals surface area contributed by atoms with Crippen LogP contribution < -0.4 is 5.73 Å². The molecule has 112 valence electrons. The summed E-state index contributed by atoms with van der Waals surface area (Å²) in [7, 11) is -3.81.